The highest BCUT2D eigenvalue weighted by atomic mass is 32.2. The van der Waals surface area contributed by atoms with Gasteiger partial charge in [0.25, 0.3) is 0 Å². The smallest absolute Gasteiger partial charge is 0.150 e. The zero-order valence-electron chi connectivity index (χ0n) is 19.6. The van der Waals surface area contributed by atoms with Crippen LogP contribution in [0.5, 0.6) is 0 Å². The Morgan fingerprint density at radius 3 is 2.36 bits per heavy atom. The van der Waals surface area contributed by atoms with Gasteiger partial charge in [0.2, 0.25) is 0 Å². The number of nitrogens with zero attached hydrogens (tertiary/aromatic N) is 5. The van der Waals surface area contributed by atoms with Gasteiger partial charge in [-0.1, -0.05) is 0 Å². The third-order valence-corrected chi connectivity index (χ3v) is 9.78. The molecule has 33 heavy (non-hydrogen) atoms. The van der Waals surface area contributed by atoms with Crippen LogP contribution in [0.1, 0.15) is 50.1 Å². The Morgan fingerprint density at radius 1 is 1.06 bits per heavy atom. The second kappa shape index (κ2) is 8.90. The molecule has 3 aliphatic rings. The van der Waals surface area contributed by atoms with Gasteiger partial charge >= 0.3 is 0 Å². The minimum atomic E-state index is -2.92. The molecule has 0 spiro atoms. The van der Waals surface area contributed by atoms with E-state index in [4.69, 9.17) is 4.98 Å². The van der Waals surface area contributed by atoms with Crippen molar-refractivity contribution in [3.8, 4) is 6.07 Å². The zero-order chi connectivity index (χ0) is 23.2. The highest BCUT2D eigenvalue weighted by Crippen LogP contribution is 2.36. The van der Waals surface area contributed by atoms with Crippen molar-refractivity contribution in [1.82, 2.24) is 19.8 Å². The van der Waals surface area contributed by atoms with Gasteiger partial charge in [-0.2, -0.15) is 5.26 Å². The van der Waals surface area contributed by atoms with E-state index in [9.17, 15) is 13.7 Å². The fourth-order valence-electron chi connectivity index (χ4n) is 5.86. The summed E-state index contributed by atoms with van der Waals surface area (Å²) in [7, 11) is -0.913. The maximum Gasteiger partial charge on any atom is 0.150 e. The van der Waals surface area contributed by atoms with E-state index in [1.807, 2.05) is 13.2 Å². The molecule has 1 aliphatic heterocycles. The van der Waals surface area contributed by atoms with Crippen LogP contribution in [0.2, 0.25) is 0 Å². The summed E-state index contributed by atoms with van der Waals surface area (Å²) < 4.78 is 25.9. The Labute approximate surface area is 196 Å². The van der Waals surface area contributed by atoms with Gasteiger partial charge in [-0.05, 0) is 57.7 Å². The second-order valence-electron chi connectivity index (χ2n) is 10.00. The summed E-state index contributed by atoms with van der Waals surface area (Å²) in [4.78, 5) is 9.91. The molecule has 2 saturated carbocycles. The molecule has 178 valence electrons. The summed E-state index contributed by atoms with van der Waals surface area (Å²) in [5.41, 5.74) is 1.62. The molecule has 2 aromatic heterocycles. The lowest BCUT2D eigenvalue weighted by atomic mass is 9.87. The van der Waals surface area contributed by atoms with Crippen LogP contribution < -0.4 is 10.2 Å². The van der Waals surface area contributed by atoms with Crippen LogP contribution in [0.3, 0.4) is 0 Å². The standard InChI is InChI=1S/C24H34N6O2S/c1-26-18-13-20(14-18)30-16-17(15-25)22-7-8-23(27-24(22)30)29-11-9-28(10-12-29)19-3-5-21(6-4-19)33(2,31)32/h7-8,16,18-21,26H,3-6,9-14H2,1-2H3/t18-,19-,20-,21-. The van der Waals surface area contributed by atoms with E-state index in [1.165, 1.54) is 6.26 Å². The van der Waals surface area contributed by atoms with E-state index in [-0.39, 0.29) is 5.25 Å². The molecule has 8 nitrogen and oxygen atoms in total. The Balaban J connectivity index is 1.26. The Hall–Kier alpha value is -2.15. The molecule has 9 heteroatoms. The Bertz CT molecular complexity index is 1150. The first-order chi connectivity index (χ1) is 15.9. The van der Waals surface area contributed by atoms with Crippen molar-refractivity contribution in [1.29, 1.82) is 5.26 Å². The number of nitriles is 1. The number of hydrogen-bond donors (Lipinski definition) is 1. The molecule has 1 saturated heterocycles. The summed E-state index contributed by atoms with van der Waals surface area (Å²) in [5, 5.41) is 13.7. The first kappa shape index (κ1) is 22.6. The summed E-state index contributed by atoms with van der Waals surface area (Å²) in [5.74, 6) is 0.983. The number of piperazine rings is 1. The molecular formula is C24H34N6O2S. The minimum absolute atomic E-state index is 0.153. The van der Waals surface area contributed by atoms with E-state index < -0.39 is 9.84 Å². The van der Waals surface area contributed by atoms with Crippen molar-refractivity contribution in [2.45, 2.75) is 61.9 Å². The molecule has 0 amide bonds. The van der Waals surface area contributed by atoms with Crippen molar-refractivity contribution < 1.29 is 8.42 Å². The van der Waals surface area contributed by atoms with Gasteiger partial charge in [0.1, 0.15) is 27.4 Å². The second-order valence-corrected chi connectivity index (χ2v) is 12.3. The number of nitrogens with one attached hydrogen (secondary N) is 1. The molecule has 2 aliphatic carbocycles. The number of hydrogen-bond acceptors (Lipinski definition) is 7. The average molecular weight is 471 g/mol. The van der Waals surface area contributed by atoms with E-state index >= 15 is 0 Å². The highest BCUT2D eigenvalue weighted by Gasteiger charge is 2.33. The lowest BCUT2D eigenvalue weighted by Gasteiger charge is -2.42. The number of sulfone groups is 1. The first-order valence-electron chi connectivity index (χ1n) is 12.1. The number of fused-ring (bicyclic) bond motifs is 1. The van der Waals surface area contributed by atoms with Crippen molar-refractivity contribution in [3.63, 3.8) is 0 Å². The largest absolute Gasteiger partial charge is 0.354 e. The molecule has 3 fully saturated rings. The van der Waals surface area contributed by atoms with Crippen molar-refractivity contribution in [2.24, 2.45) is 0 Å². The monoisotopic (exact) mass is 470 g/mol. The third kappa shape index (κ3) is 4.36. The molecular weight excluding hydrogens is 436 g/mol. The first-order valence-corrected chi connectivity index (χ1v) is 14.1. The molecule has 3 heterocycles. The summed E-state index contributed by atoms with van der Waals surface area (Å²) in [6.45, 7) is 3.79. The quantitative estimate of drug-likeness (QED) is 0.717. The van der Waals surface area contributed by atoms with E-state index in [2.05, 4.69) is 37.9 Å². The van der Waals surface area contributed by atoms with Gasteiger partial charge in [-0.3, -0.25) is 4.90 Å². The lowest BCUT2D eigenvalue weighted by Crippen LogP contribution is -2.51. The average Bonchev–Trinajstić information content (AvgIpc) is 3.16. The van der Waals surface area contributed by atoms with Crippen LogP contribution >= 0.6 is 0 Å². The molecule has 0 unspecified atom stereocenters. The van der Waals surface area contributed by atoms with Gasteiger partial charge in [0.05, 0.1) is 10.8 Å². The van der Waals surface area contributed by atoms with Gasteiger partial charge in [-0.15, -0.1) is 0 Å². The van der Waals surface area contributed by atoms with Crippen molar-refractivity contribution in [3.05, 3.63) is 23.9 Å². The predicted octanol–water partition coefficient (Wildman–Crippen LogP) is 2.31. The van der Waals surface area contributed by atoms with Crippen molar-refractivity contribution >= 4 is 26.7 Å². The normalized spacial score (nSPS) is 29.1. The molecule has 0 aromatic carbocycles. The lowest BCUT2D eigenvalue weighted by molar-refractivity contribution is 0.148. The van der Waals surface area contributed by atoms with Gasteiger partial charge in [-0.25, -0.2) is 13.4 Å². The summed E-state index contributed by atoms with van der Waals surface area (Å²) in [6, 6.07) is 7.88. The molecule has 5 rings (SSSR count). The number of pyridine rings is 1. The zero-order valence-corrected chi connectivity index (χ0v) is 20.4. The molecule has 2 aromatic rings. The highest BCUT2D eigenvalue weighted by molar-refractivity contribution is 7.91. The van der Waals surface area contributed by atoms with Crippen LogP contribution in [-0.2, 0) is 9.84 Å². The summed E-state index contributed by atoms with van der Waals surface area (Å²) in [6.07, 6.45) is 9.01. The Morgan fingerprint density at radius 2 is 1.76 bits per heavy atom. The number of aromatic nitrogens is 2. The SMILES string of the molecule is CN[C@H]1C[C@H](n2cc(C#N)c3ccc(N4CCN([C@H]5CC[C@H](S(C)(=O)=O)CC5)CC4)nc32)C1. The molecule has 0 radical (unpaired) electrons. The van der Waals surface area contributed by atoms with E-state index in [0.717, 1.165) is 81.6 Å². The maximum absolute atomic E-state index is 11.9. The van der Waals surface area contributed by atoms with E-state index in [0.29, 0.717) is 23.7 Å². The van der Waals surface area contributed by atoms with E-state index in [1.54, 1.807) is 0 Å². The van der Waals surface area contributed by atoms with Crippen molar-refractivity contribution in [2.75, 3.05) is 44.4 Å². The predicted molar refractivity (Wildman–Crippen MR) is 130 cm³/mol. The number of anilines is 1. The van der Waals surface area contributed by atoms with Crippen LogP contribution in [-0.4, -0.2) is 79.7 Å². The van der Waals surface area contributed by atoms with Crippen LogP contribution in [0.4, 0.5) is 5.82 Å². The minimum Gasteiger partial charge on any atom is -0.354 e. The van der Waals surface area contributed by atoms with Gasteiger partial charge in [0.15, 0.2) is 0 Å². The van der Waals surface area contributed by atoms with Crippen LogP contribution in [0.25, 0.3) is 11.0 Å². The fourth-order valence-corrected chi connectivity index (χ4v) is 6.99. The van der Waals surface area contributed by atoms with Gasteiger partial charge < -0.3 is 14.8 Å². The fraction of sp³-hybridized carbons (Fsp3) is 0.667. The maximum atomic E-state index is 11.9. The molecule has 0 bridgehead atoms. The molecule has 1 N–H and O–H groups in total. The summed E-state index contributed by atoms with van der Waals surface area (Å²) >= 11 is 0. The third-order valence-electron chi connectivity index (χ3n) is 8.10. The van der Waals surface area contributed by atoms with Crippen LogP contribution in [0.15, 0.2) is 18.3 Å². The molecule has 0 atom stereocenters. The number of rotatable bonds is 5. The van der Waals surface area contributed by atoms with Gasteiger partial charge in [0, 0.05) is 62.1 Å². The van der Waals surface area contributed by atoms with Crippen LogP contribution in [0, 0.1) is 11.3 Å². The Kier molecular flexibility index (Phi) is 6.10. The topological polar surface area (TPSA) is 94.3 Å².